The van der Waals surface area contributed by atoms with Crippen LogP contribution in [0.1, 0.15) is 30.6 Å². The standard InChI is InChI=1S/C17H15ClO3/c1-17(2)10-15(19)14-8-7-13(9-16(14)21-17)20-12-5-3-11(18)4-6-12/h3-9H,10H2,1-2H3. The molecule has 1 aliphatic rings. The maximum Gasteiger partial charge on any atom is 0.170 e. The molecule has 0 bridgehead atoms. The zero-order valence-electron chi connectivity index (χ0n) is 11.9. The Bertz CT molecular complexity index is 690. The van der Waals surface area contributed by atoms with E-state index in [4.69, 9.17) is 21.1 Å². The van der Waals surface area contributed by atoms with Crippen molar-refractivity contribution in [3.8, 4) is 17.2 Å². The van der Waals surface area contributed by atoms with Crippen LogP contribution in [0.15, 0.2) is 42.5 Å². The van der Waals surface area contributed by atoms with Gasteiger partial charge < -0.3 is 9.47 Å². The molecule has 3 nitrogen and oxygen atoms in total. The molecule has 2 aromatic carbocycles. The first-order valence-corrected chi connectivity index (χ1v) is 7.10. The minimum Gasteiger partial charge on any atom is -0.486 e. The molecule has 108 valence electrons. The summed E-state index contributed by atoms with van der Waals surface area (Å²) in [5, 5.41) is 0.656. The van der Waals surface area contributed by atoms with E-state index in [0.717, 1.165) is 0 Å². The average Bonchev–Trinajstić information content (AvgIpc) is 2.39. The van der Waals surface area contributed by atoms with Crippen molar-refractivity contribution in [2.75, 3.05) is 0 Å². The minimum atomic E-state index is -0.483. The number of benzene rings is 2. The Balaban J connectivity index is 1.89. The largest absolute Gasteiger partial charge is 0.486 e. The zero-order chi connectivity index (χ0) is 15.0. The molecule has 0 atom stereocenters. The molecular weight excluding hydrogens is 288 g/mol. The Kier molecular flexibility index (Phi) is 3.38. The van der Waals surface area contributed by atoms with Crippen molar-refractivity contribution in [1.82, 2.24) is 0 Å². The van der Waals surface area contributed by atoms with Gasteiger partial charge in [0.1, 0.15) is 22.8 Å². The molecule has 0 aliphatic carbocycles. The van der Waals surface area contributed by atoms with Gasteiger partial charge in [-0.3, -0.25) is 4.79 Å². The topological polar surface area (TPSA) is 35.5 Å². The predicted octanol–water partition coefficient (Wildman–Crippen LogP) is 4.88. The van der Waals surface area contributed by atoms with Crippen LogP contribution >= 0.6 is 11.6 Å². The average molecular weight is 303 g/mol. The number of hydrogen-bond acceptors (Lipinski definition) is 3. The number of carbonyl (C=O) groups excluding carboxylic acids is 1. The van der Waals surface area contributed by atoms with E-state index in [9.17, 15) is 4.79 Å². The lowest BCUT2D eigenvalue weighted by atomic mass is 9.93. The van der Waals surface area contributed by atoms with Crippen LogP contribution < -0.4 is 9.47 Å². The molecule has 21 heavy (non-hydrogen) atoms. The Morgan fingerprint density at radius 3 is 2.48 bits per heavy atom. The maximum atomic E-state index is 12.1. The lowest BCUT2D eigenvalue weighted by molar-refractivity contribution is 0.0619. The molecule has 0 spiro atoms. The van der Waals surface area contributed by atoms with Gasteiger partial charge in [0, 0.05) is 11.1 Å². The van der Waals surface area contributed by atoms with Crippen LogP contribution in [0.2, 0.25) is 5.02 Å². The second kappa shape index (κ2) is 5.08. The summed E-state index contributed by atoms with van der Waals surface area (Å²) < 4.78 is 11.6. The van der Waals surface area contributed by atoms with Gasteiger partial charge >= 0.3 is 0 Å². The summed E-state index contributed by atoms with van der Waals surface area (Å²) in [7, 11) is 0. The molecule has 3 rings (SSSR count). The third kappa shape index (κ3) is 3.03. The van der Waals surface area contributed by atoms with Gasteiger partial charge in [-0.15, -0.1) is 0 Å². The number of rotatable bonds is 2. The molecule has 0 amide bonds. The number of fused-ring (bicyclic) bond motifs is 1. The van der Waals surface area contributed by atoms with E-state index in [2.05, 4.69) is 0 Å². The van der Waals surface area contributed by atoms with Crippen molar-refractivity contribution in [3.63, 3.8) is 0 Å². The normalized spacial score (nSPS) is 16.0. The number of halogens is 1. The molecule has 4 heteroatoms. The van der Waals surface area contributed by atoms with Crippen LogP contribution in [0.4, 0.5) is 0 Å². The summed E-state index contributed by atoms with van der Waals surface area (Å²) in [6.45, 7) is 3.81. The van der Waals surface area contributed by atoms with Crippen LogP contribution in [-0.4, -0.2) is 11.4 Å². The van der Waals surface area contributed by atoms with Crippen molar-refractivity contribution in [3.05, 3.63) is 53.1 Å². The maximum absolute atomic E-state index is 12.1. The first-order chi connectivity index (χ1) is 9.93. The highest BCUT2D eigenvalue weighted by Crippen LogP contribution is 2.36. The van der Waals surface area contributed by atoms with Gasteiger partial charge in [-0.2, -0.15) is 0 Å². The van der Waals surface area contributed by atoms with Gasteiger partial charge in [0.2, 0.25) is 0 Å². The second-order valence-electron chi connectivity index (χ2n) is 5.68. The van der Waals surface area contributed by atoms with Gasteiger partial charge in [0.25, 0.3) is 0 Å². The highest BCUT2D eigenvalue weighted by Gasteiger charge is 2.32. The van der Waals surface area contributed by atoms with E-state index >= 15 is 0 Å². The molecule has 1 heterocycles. The van der Waals surface area contributed by atoms with Crippen molar-refractivity contribution in [1.29, 1.82) is 0 Å². The Hall–Kier alpha value is -2.00. The fourth-order valence-electron chi connectivity index (χ4n) is 2.34. The zero-order valence-corrected chi connectivity index (χ0v) is 12.6. The summed E-state index contributed by atoms with van der Waals surface area (Å²) in [5.74, 6) is 1.98. The van der Waals surface area contributed by atoms with E-state index < -0.39 is 5.60 Å². The fourth-order valence-corrected chi connectivity index (χ4v) is 2.46. The van der Waals surface area contributed by atoms with E-state index in [1.165, 1.54) is 0 Å². The first-order valence-electron chi connectivity index (χ1n) is 6.73. The third-order valence-corrected chi connectivity index (χ3v) is 3.53. The summed E-state index contributed by atoms with van der Waals surface area (Å²) in [6, 6.07) is 12.4. The smallest absolute Gasteiger partial charge is 0.170 e. The molecule has 0 saturated heterocycles. The van der Waals surface area contributed by atoms with Crippen LogP contribution in [0, 0.1) is 0 Å². The molecule has 0 fully saturated rings. The van der Waals surface area contributed by atoms with E-state index in [-0.39, 0.29) is 5.78 Å². The summed E-state index contributed by atoms with van der Waals surface area (Å²) in [4.78, 5) is 12.1. The van der Waals surface area contributed by atoms with Crippen molar-refractivity contribution >= 4 is 17.4 Å². The number of carbonyl (C=O) groups is 1. The molecule has 0 aromatic heterocycles. The predicted molar refractivity (Wildman–Crippen MR) is 81.6 cm³/mol. The van der Waals surface area contributed by atoms with Crippen molar-refractivity contribution in [2.45, 2.75) is 25.9 Å². The van der Waals surface area contributed by atoms with E-state index in [1.807, 2.05) is 13.8 Å². The van der Waals surface area contributed by atoms with E-state index in [1.54, 1.807) is 42.5 Å². The third-order valence-electron chi connectivity index (χ3n) is 3.28. The van der Waals surface area contributed by atoms with E-state index in [0.29, 0.717) is 34.3 Å². The van der Waals surface area contributed by atoms with Gasteiger partial charge in [-0.05, 0) is 50.2 Å². The number of hydrogen-bond donors (Lipinski definition) is 0. The highest BCUT2D eigenvalue weighted by molar-refractivity contribution is 6.30. The summed E-state index contributed by atoms with van der Waals surface area (Å²) >= 11 is 5.84. The molecule has 0 N–H and O–H groups in total. The first kappa shape index (κ1) is 14.0. The highest BCUT2D eigenvalue weighted by atomic mass is 35.5. The minimum absolute atomic E-state index is 0.0966. The fraction of sp³-hybridized carbons (Fsp3) is 0.235. The van der Waals surface area contributed by atoms with Crippen LogP contribution in [0.5, 0.6) is 17.2 Å². The molecule has 1 aliphatic heterocycles. The Labute approximate surface area is 128 Å². The Morgan fingerprint density at radius 1 is 1.10 bits per heavy atom. The van der Waals surface area contributed by atoms with Crippen molar-refractivity contribution in [2.24, 2.45) is 0 Å². The molecule has 0 saturated carbocycles. The monoisotopic (exact) mass is 302 g/mol. The van der Waals surface area contributed by atoms with Crippen molar-refractivity contribution < 1.29 is 14.3 Å². The molecule has 0 unspecified atom stereocenters. The molecular formula is C17H15ClO3. The lowest BCUT2D eigenvalue weighted by Crippen LogP contribution is -2.35. The lowest BCUT2D eigenvalue weighted by Gasteiger charge is -2.31. The van der Waals surface area contributed by atoms with Gasteiger partial charge in [0.05, 0.1) is 12.0 Å². The van der Waals surface area contributed by atoms with Gasteiger partial charge in [-0.25, -0.2) is 0 Å². The van der Waals surface area contributed by atoms with Crippen LogP contribution in [0.3, 0.4) is 0 Å². The van der Waals surface area contributed by atoms with Gasteiger partial charge in [-0.1, -0.05) is 11.6 Å². The quantitative estimate of drug-likeness (QED) is 0.793. The summed E-state index contributed by atoms with van der Waals surface area (Å²) in [5.41, 5.74) is 0.126. The molecule has 2 aromatic rings. The number of Topliss-reactive ketones (excluding diaryl/α,β-unsaturated/α-hetero) is 1. The second-order valence-corrected chi connectivity index (χ2v) is 6.11. The number of ether oxygens (including phenoxy) is 2. The van der Waals surface area contributed by atoms with Crippen LogP contribution in [0.25, 0.3) is 0 Å². The van der Waals surface area contributed by atoms with Crippen LogP contribution in [-0.2, 0) is 0 Å². The SMILES string of the molecule is CC1(C)CC(=O)c2ccc(Oc3ccc(Cl)cc3)cc2O1. The number of ketones is 1. The Morgan fingerprint density at radius 2 is 1.76 bits per heavy atom. The van der Waals surface area contributed by atoms with Gasteiger partial charge in [0.15, 0.2) is 5.78 Å². The summed E-state index contributed by atoms with van der Waals surface area (Å²) in [6.07, 6.45) is 0.386. The molecule has 0 radical (unpaired) electrons.